The van der Waals surface area contributed by atoms with E-state index < -0.39 is 0 Å². The molecule has 7 heteroatoms. The number of benzene rings is 1. The van der Waals surface area contributed by atoms with Crippen LogP contribution in [0.3, 0.4) is 0 Å². The molecule has 3 rings (SSSR count). The molecule has 0 atom stereocenters. The van der Waals surface area contributed by atoms with E-state index >= 15 is 0 Å². The summed E-state index contributed by atoms with van der Waals surface area (Å²) in [4.78, 5) is 27.1. The van der Waals surface area contributed by atoms with Gasteiger partial charge in [-0.2, -0.15) is 0 Å². The van der Waals surface area contributed by atoms with E-state index in [0.29, 0.717) is 31.8 Å². The summed E-state index contributed by atoms with van der Waals surface area (Å²) in [6, 6.07) is 9.35. The number of piperidine rings is 2. The zero-order valence-electron chi connectivity index (χ0n) is 16.6. The summed E-state index contributed by atoms with van der Waals surface area (Å²) in [5.74, 6) is 0.171. The minimum atomic E-state index is -0.00821. The van der Waals surface area contributed by atoms with E-state index in [1.807, 2.05) is 35.2 Å². The maximum Gasteiger partial charge on any atom is 0.253 e. The highest BCUT2D eigenvalue weighted by molar-refractivity contribution is 5.94. The number of likely N-dealkylation sites (tertiary alicyclic amines) is 1. The van der Waals surface area contributed by atoms with Crippen molar-refractivity contribution in [2.75, 3.05) is 46.4 Å². The van der Waals surface area contributed by atoms with Crippen LogP contribution in [0.25, 0.3) is 0 Å². The highest BCUT2D eigenvalue weighted by Gasteiger charge is 2.34. The highest BCUT2D eigenvalue weighted by atomic mass is 35.5. The van der Waals surface area contributed by atoms with Gasteiger partial charge in [0.1, 0.15) is 0 Å². The molecule has 0 unspecified atom stereocenters. The average Bonchev–Trinajstić information content (AvgIpc) is 2.73. The predicted molar refractivity (Wildman–Crippen MR) is 112 cm³/mol. The monoisotopic (exact) mass is 409 g/mol. The highest BCUT2D eigenvalue weighted by Crippen LogP contribution is 2.28. The lowest BCUT2D eigenvalue weighted by molar-refractivity contribution is -0.127. The first kappa shape index (κ1) is 22.7. The van der Waals surface area contributed by atoms with Crippen LogP contribution in [-0.4, -0.2) is 63.2 Å². The van der Waals surface area contributed by atoms with Crippen molar-refractivity contribution in [2.45, 2.75) is 25.7 Å². The van der Waals surface area contributed by atoms with Crippen LogP contribution >= 0.6 is 12.4 Å². The summed E-state index contributed by atoms with van der Waals surface area (Å²) in [5, 5.41) is 6.55. The van der Waals surface area contributed by atoms with Crippen molar-refractivity contribution < 1.29 is 14.3 Å². The molecule has 2 aliphatic rings. The Labute approximate surface area is 173 Å². The molecule has 2 saturated heterocycles. The third kappa shape index (κ3) is 5.69. The molecule has 6 nitrogen and oxygen atoms in total. The fourth-order valence-corrected chi connectivity index (χ4v) is 4.16. The Bertz CT molecular complexity index is 622. The molecule has 2 heterocycles. The molecule has 1 aromatic carbocycles. The maximum atomic E-state index is 12.7. The van der Waals surface area contributed by atoms with Gasteiger partial charge in [-0.05, 0) is 50.9 Å². The van der Waals surface area contributed by atoms with Crippen molar-refractivity contribution in [3.63, 3.8) is 0 Å². The quantitative estimate of drug-likeness (QED) is 0.754. The number of methoxy groups -OCH3 is 1. The topological polar surface area (TPSA) is 70.7 Å². The summed E-state index contributed by atoms with van der Waals surface area (Å²) in [6.07, 6.45) is 3.49. The molecular formula is C21H32ClN3O3. The summed E-state index contributed by atoms with van der Waals surface area (Å²) in [6.45, 7) is 4.57. The minimum absolute atomic E-state index is 0. The molecule has 0 aromatic heterocycles. The molecule has 1 aromatic rings. The number of nitrogens with one attached hydrogen (secondary N) is 2. The summed E-state index contributed by atoms with van der Waals surface area (Å²) in [7, 11) is 1.73. The van der Waals surface area contributed by atoms with Gasteiger partial charge in [0.2, 0.25) is 5.91 Å². The zero-order chi connectivity index (χ0) is 19.1. The van der Waals surface area contributed by atoms with Gasteiger partial charge < -0.3 is 20.3 Å². The van der Waals surface area contributed by atoms with Gasteiger partial charge in [-0.3, -0.25) is 9.59 Å². The van der Waals surface area contributed by atoms with E-state index in [2.05, 4.69) is 10.6 Å². The molecule has 2 N–H and O–H groups in total. The van der Waals surface area contributed by atoms with Crippen molar-refractivity contribution in [2.24, 2.45) is 11.3 Å². The van der Waals surface area contributed by atoms with Crippen molar-refractivity contribution in [3.05, 3.63) is 35.9 Å². The Morgan fingerprint density at radius 1 is 1.18 bits per heavy atom. The molecule has 2 fully saturated rings. The number of nitrogens with zero attached hydrogens (tertiary/aromatic N) is 1. The third-order valence-electron chi connectivity index (χ3n) is 5.93. The SMILES string of the molecule is COCC1(CNC(=O)C2CCN(C(=O)c3ccccc3)CC2)CCNCC1.Cl. The summed E-state index contributed by atoms with van der Waals surface area (Å²) < 4.78 is 5.42. The Kier molecular flexibility index (Phi) is 8.73. The summed E-state index contributed by atoms with van der Waals surface area (Å²) in [5.41, 5.74) is 0.757. The number of carbonyl (C=O) groups excluding carboxylic acids is 2. The molecule has 156 valence electrons. The van der Waals surface area contributed by atoms with Crippen LogP contribution in [-0.2, 0) is 9.53 Å². The fraction of sp³-hybridized carbons (Fsp3) is 0.619. The van der Waals surface area contributed by atoms with Gasteiger partial charge in [-0.15, -0.1) is 12.4 Å². The lowest BCUT2D eigenvalue weighted by atomic mass is 9.79. The lowest BCUT2D eigenvalue weighted by Crippen LogP contribution is -2.49. The number of ether oxygens (including phenoxy) is 1. The molecule has 2 aliphatic heterocycles. The second kappa shape index (κ2) is 10.8. The Hall–Kier alpha value is -1.63. The third-order valence-corrected chi connectivity index (χ3v) is 5.93. The van der Waals surface area contributed by atoms with E-state index in [0.717, 1.165) is 38.8 Å². The summed E-state index contributed by atoms with van der Waals surface area (Å²) >= 11 is 0. The van der Waals surface area contributed by atoms with Crippen LogP contribution in [0.15, 0.2) is 30.3 Å². The molecular weight excluding hydrogens is 378 g/mol. The van der Waals surface area contributed by atoms with Crippen molar-refractivity contribution in [1.29, 1.82) is 0 Å². The Morgan fingerprint density at radius 3 is 2.43 bits per heavy atom. The molecule has 2 amide bonds. The van der Waals surface area contributed by atoms with Gasteiger partial charge in [-0.1, -0.05) is 18.2 Å². The van der Waals surface area contributed by atoms with E-state index in [-0.39, 0.29) is 35.6 Å². The van der Waals surface area contributed by atoms with E-state index in [1.54, 1.807) is 7.11 Å². The second-order valence-corrected chi connectivity index (χ2v) is 7.83. The first-order chi connectivity index (χ1) is 13.1. The maximum absolute atomic E-state index is 12.7. The molecule has 0 saturated carbocycles. The first-order valence-electron chi connectivity index (χ1n) is 9.95. The largest absolute Gasteiger partial charge is 0.384 e. The smallest absolute Gasteiger partial charge is 0.253 e. The van der Waals surface area contributed by atoms with Crippen LogP contribution < -0.4 is 10.6 Å². The van der Waals surface area contributed by atoms with E-state index in [1.165, 1.54) is 0 Å². The Balaban J connectivity index is 0.00000280. The normalized spacial score (nSPS) is 19.5. The number of hydrogen-bond acceptors (Lipinski definition) is 4. The van der Waals surface area contributed by atoms with E-state index in [4.69, 9.17) is 4.74 Å². The van der Waals surface area contributed by atoms with Crippen molar-refractivity contribution in [3.8, 4) is 0 Å². The number of hydrogen-bond donors (Lipinski definition) is 2. The average molecular weight is 410 g/mol. The van der Waals surface area contributed by atoms with Gasteiger partial charge in [-0.25, -0.2) is 0 Å². The van der Waals surface area contributed by atoms with Crippen LogP contribution in [0.4, 0.5) is 0 Å². The number of rotatable bonds is 6. The fourth-order valence-electron chi connectivity index (χ4n) is 4.16. The standard InChI is InChI=1S/C21H31N3O3.ClH/c1-27-16-21(9-11-22-12-10-21)15-23-19(25)17-7-13-24(14-8-17)20(26)18-5-3-2-4-6-18;/h2-6,17,22H,7-16H2,1H3,(H,23,25);1H. The molecule has 0 bridgehead atoms. The minimum Gasteiger partial charge on any atom is -0.384 e. The van der Waals surface area contributed by atoms with Crippen molar-refractivity contribution >= 4 is 24.2 Å². The number of amides is 2. The van der Waals surface area contributed by atoms with Gasteiger partial charge in [0.15, 0.2) is 0 Å². The van der Waals surface area contributed by atoms with Gasteiger partial charge in [0.05, 0.1) is 6.61 Å². The number of halogens is 1. The molecule has 0 aliphatic carbocycles. The van der Waals surface area contributed by atoms with Gasteiger partial charge in [0, 0.05) is 43.6 Å². The van der Waals surface area contributed by atoms with Crippen LogP contribution in [0, 0.1) is 11.3 Å². The predicted octanol–water partition coefficient (Wildman–Crippen LogP) is 2.09. The lowest BCUT2D eigenvalue weighted by Gasteiger charge is -2.38. The second-order valence-electron chi connectivity index (χ2n) is 7.83. The molecule has 0 radical (unpaired) electrons. The van der Waals surface area contributed by atoms with Crippen LogP contribution in [0.5, 0.6) is 0 Å². The van der Waals surface area contributed by atoms with E-state index in [9.17, 15) is 9.59 Å². The van der Waals surface area contributed by atoms with Crippen molar-refractivity contribution in [1.82, 2.24) is 15.5 Å². The molecule has 0 spiro atoms. The first-order valence-corrected chi connectivity index (χ1v) is 9.95. The Morgan fingerprint density at radius 2 is 1.82 bits per heavy atom. The van der Waals surface area contributed by atoms with Crippen LogP contribution in [0.1, 0.15) is 36.0 Å². The zero-order valence-corrected chi connectivity index (χ0v) is 17.4. The number of carbonyl (C=O) groups is 2. The van der Waals surface area contributed by atoms with Gasteiger partial charge >= 0.3 is 0 Å². The van der Waals surface area contributed by atoms with Gasteiger partial charge in [0.25, 0.3) is 5.91 Å². The van der Waals surface area contributed by atoms with Crippen LogP contribution in [0.2, 0.25) is 0 Å². The molecule has 28 heavy (non-hydrogen) atoms.